The lowest BCUT2D eigenvalue weighted by Crippen LogP contribution is -2.30. The van der Waals surface area contributed by atoms with Crippen LogP contribution in [0.3, 0.4) is 0 Å². The summed E-state index contributed by atoms with van der Waals surface area (Å²) in [4.78, 5) is 38.0. The molecule has 0 aliphatic rings. The summed E-state index contributed by atoms with van der Waals surface area (Å²) in [5, 5.41) is 0. The number of allylic oxidation sites excluding steroid dienone is 14. The van der Waals surface area contributed by atoms with Gasteiger partial charge in [0, 0.05) is 19.3 Å². The summed E-state index contributed by atoms with van der Waals surface area (Å²) < 4.78 is 16.8. The van der Waals surface area contributed by atoms with E-state index < -0.39 is 6.10 Å². The topological polar surface area (TPSA) is 78.9 Å². The van der Waals surface area contributed by atoms with Gasteiger partial charge in [-0.3, -0.25) is 14.4 Å². The standard InChI is InChI=1S/C58H98O6/c1-4-7-10-13-16-19-22-25-27-28-29-30-32-33-36-39-42-45-48-51-57(60)63-54-55(53-62-56(59)50-47-44-41-38-35-24-21-18-15-12-9-6-3)64-58(61)52-49-46-43-40-37-34-31-26-23-20-17-14-11-8-5-2/h8,11,16-21,25-27,31,37,40,55H,4-7,9-10,12-15,22-24,28-30,32-36,38-39,41-54H2,1-3H3/b11-8-,19-16-,20-17-,21-18-,27-25-,31-26-,40-37-. The fourth-order valence-electron chi connectivity index (χ4n) is 7.10. The van der Waals surface area contributed by atoms with Crippen LogP contribution in [0.25, 0.3) is 0 Å². The first kappa shape index (κ1) is 60.6. The van der Waals surface area contributed by atoms with Crippen molar-refractivity contribution in [1.82, 2.24) is 0 Å². The van der Waals surface area contributed by atoms with Crippen LogP contribution >= 0.6 is 0 Å². The highest BCUT2D eigenvalue weighted by atomic mass is 16.6. The molecule has 0 radical (unpaired) electrons. The second kappa shape index (κ2) is 52.2. The number of hydrogen-bond acceptors (Lipinski definition) is 6. The normalized spacial score (nSPS) is 12.7. The van der Waals surface area contributed by atoms with Gasteiger partial charge in [-0.1, -0.05) is 196 Å². The Hall–Kier alpha value is -3.41. The third-order valence-corrected chi connectivity index (χ3v) is 11.1. The first-order valence-corrected chi connectivity index (χ1v) is 26.6. The molecule has 0 saturated carbocycles. The van der Waals surface area contributed by atoms with Crippen molar-refractivity contribution in [3.8, 4) is 0 Å². The van der Waals surface area contributed by atoms with E-state index in [0.29, 0.717) is 19.3 Å². The molecule has 0 aromatic heterocycles. The molecule has 0 saturated heterocycles. The zero-order chi connectivity index (χ0) is 46.5. The fourth-order valence-corrected chi connectivity index (χ4v) is 7.10. The molecule has 0 aromatic carbocycles. The van der Waals surface area contributed by atoms with Crippen molar-refractivity contribution in [2.24, 2.45) is 0 Å². The highest BCUT2D eigenvalue weighted by molar-refractivity contribution is 5.71. The van der Waals surface area contributed by atoms with Crippen LogP contribution < -0.4 is 0 Å². The van der Waals surface area contributed by atoms with Crippen LogP contribution in [0.2, 0.25) is 0 Å². The number of ether oxygens (including phenoxy) is 3. The maximum Gasteiger partial charge on any atom is 0.306 e. The summed E-state index contributed by atoms with van der Waals surface area (Å²) in [5.74, 6) is -0.954. The maximum absolute atomic E-state index is 12.8. The average Bonchev–Trinajstić information content (AvgIpc) is 3.29. The van der Waals surface area contributed by atoms with E-state index in [1.54, 1.807) is 0 Å². The Morgan fingerprint density at radius 1 is 0.328 bits per heavy atom. The van der Waals surface area contributed by atoms with Gasteiger partial charge in [0.15, 0.2) is 6.10 Å². The third kappa shape index (κ3) is 49.6. The van der Waals surface area contributed by atoms with Crippen LogP contribution in [0.1, 0.15) is 245 Å². The number of carbonyl (C=O) groups is 3. The van der Waals surface area contributed by atoms with Crippen molar-refractivity contribution in [3.05, 3.63) is 85.1 Å². The zero-order valence-electron chi connectivity index (χ0n) is 41.8. The SMILES string of the molecule is CC/C=C\C/C=C\C/C=C\C/C=C\CCCCC(=O)OC(COC(=O)CCCCCCC/C=C\CCCCC)COC(=O)CCCCCCCCCCC/C=C\C/C=C\CCCCC. The molecule has 366 valence electrons. The van der Waals surface area contributed by atoms with Gasteiger partial charge in [0.2, 0.25) is 0 Å². The highest BCUT2D eigenvalue weighted by Gasteiger charge is 2.19. The Morgan fingerprint density at radius 2 is 0.609 bits per heavy atom. The molecule has 0 spiro atoms. The van der Waals surface area contributed by atoms with E-state index in [2.05, 4.69) is 106 Å². The quantitative estimate of drug-likeness (QED) is 0.0262. The van der Waals surface area contributed by atoms with E-state index >= 15 is 0 Å². The molecule has 0 aliphatic heterocycles. The largest absolute Gasteiger partial charge is 0.462 e. The van der Waals surface area contributed by atoms with Crippen molar-refractivity contribution in [1.29, 1.82) is 0 Å². The minimum absolute atomic E-state index is 0.0984. The Bertz CT molecular complexity index is 1250. The zero-order valence-corrected chi connectivity index (χ0v) is 41.8. The molecule has 64 heavy (non-hydrogen) atoms. The van der Waals surface area contributed by atoms with Gasteiger partial charge < -0.3 is 14.2 Å². The predicted molar refractivity (Wildman–Crippen MR) is 274 cm³/mol. The van der Waals surface area contributed by atoms with Gasteiger partial charge in [0.1, 0.15) is 13.2 Å². The van der Waals surface area contributed by atoms with Crippen LogP contribution in [0.5, 0.6) is 0 Å². The number of carbonyl (C=O) groups excluding carboxylic acids is 3. The summed E-state index contributed by atoms with van der Waals surface area (Å²) >= 11 is 0. The van der Waals surface area contributed by atoms with Gasteiger partial charge in [0.25, 0.3) is 0 Å². The van der Waals surface area contributed by atoms with E-state index in [-0.39, 0.29) is 37.5 Å². The smallest absolute Gasteiger partial charge is 0.306 e. The molecule has 0 N–H and O–H groups in total. The lowest BCUT2D eigenvalue weighted by atomic mass is 10.1. The Morgan fingerprint density at radius 3 is 1.00 bits per heavy atom. The number of rotatable bonds is 47. The molecule has 0 heterocycles. The van der Waals surface area contributed by atoms with E-state index in [4.69, 9.17) is 14.2 Å². The van der Waals surface area contributed by atoms with Crippen molar-refractivity contribution < 1.29 is 28.6 Å². The molecule has 0 rings (SSSR count). The highest BCUT2D eigenvalue weighted by Crippen LogP contribution is 2.14. The predicted octanol–water partition coefficient (Wildman–Crippen LogP) is 17.6. The second-order valence-corrected chi connectivity index (χ2v) is 17.4. The minimum Gasteiger partial charge on any atom is -0.462 e. The molecule has 6 nitrogen and oxygen atoms in total. The monoisotopic (exact) mass is 891 g/mol. The molecule has 0 bridgehead atoms. The molecular weight excluding hydrogens is 793 g/mol. The van der Waals surface area contributed by atoms with Gasteiger partial charge in [-0.05, 0) is 116 Å². The molecule has 1 unspecified atom stereocenters. The summed E-state index contributed by atoms with van der Waals surface area (Å²) in [7, 11) is 0. The van der Waals surface area contributed by atoms with Crippen molar-refractivity contribution >= 4 is 17.9 Å². The first-order valence-electron chi connectivity index (χ1n) is 26.6. The van der Waals surface area contributed by atoms with Crippen LogP contribution in [-0.4, -0.2) is 37.2 Å². The van der Waals surface area contributed by atoms with Gasteiger partial charge in [-0.25, -0.2) is 0 Å². The van der Waals surface area contributed by atoms with Crippen molar-refractivity contribution in [2.75, 3.05) is 13.2 Å². The number of unbranched alkanes of at least 4 members (excludes halogenated alkanes) is 22. The Balaban J connectivity index is 4.43. The van der Waals surface area contributed by atoms with E-state index in [9.17, 15) is 14.4 Å². The Kier molecular flexibility index (Phi) is 49.4. The van der Waals surface area contributed by atoms with Crippen LogP contribution in [0.4, 0.5) is 0 Å². The molecule has 0 aliphatic carbocycles. The van der Waals surface area contributed by atoms with E-state index in [0.717, 1.165) is 96.3 Å². The second-order valence-electron chi connectivity index (χ2n) is 17.4. The van der Waals surface area contributed by atoms with Gasteiger partial charge in [-0.15, -0.1) is 0 Å². The van der Waals surface area contributed by atoms with Gasteiger partial charge in [-0.2, -0.15) is 0 Å². The Labute approximate surface area is 395 Å². The minimum atomic E-state index is -0.803. The summed E-state index contributed by atoms with van der Waals surface area (Å²) in [6.07, 6.45) is 67.1. The summed E-state index contributed by atoms with van der Waals surface area (Å²) in [6, 6.07) is 0. The molecule has 6 heteroatoms. The third-order valence-electron chi connectivity index (χ3n) is 11.1. The van der Waals surface area contributed by atoms with E-state index in [1.807, 2.05) is 0 Å². The lowest BCUT2D eigenvalue weighted by Gasteiger charge is -2.18. The summed E-state index contributed by atoms with van der Waals surface area (Å²) in [5.41, 5.74) is 0. The molecule has 0 aromatic rings. The average molecular weight is 891 g/mol. The van der Waals surface area contributed by atoms with Gasteiger partial charge >= 0.3 is 17.9 Å². The van der Waals surface area contributed by atoms with Crippen molar-refractivity contribution in [3.63, 3.8) is 0 Å². The molecule has 0 amide bonds. The van der Waals surface area contributed by atoms with Gasteiger partial charge in [0.05, 0.1) is 0 Å². The van der Waals surface area contributed by atoms with Crippen LogP contribution in [0, 0.1) is 0 Å². The lowest BCUT2D eigenvalue weighted by molar-refractivity contribution is -0.167. The maximum atomic E-state index is 12.8. The van der Waals surface area contributed by atoms with Crippen LogP contribution in [-0.2, 0) is 28.6 Å². The molecular formula is C58H98O6. The van der Waals surface area contributed by atoms with E-state index in [1.165, 1.54) is 103 Å². The molecule has 0 fully saturated rings. The molecule has 1 atom stereocenters. The summed E-state index contributed by atoms with van der Waals surface area (Å²) in [6.45, 7) is 6.43. The number of hydrogen-bond donors (Lipinski definition) is 0. The van der Waals surface area contributed by atoms with Crippen molar-refractivity contribution in [2.45, 2.75) is 252 Å². The fraction of sp³-hybridized carbons (Fsp3) is 0.707. The van der Waals surface area contributed by atoms with Crippen LogP contribution in [0.15, 0.2) is 85.1 Å². The first-order chi connectivity index (χ1) is 31.5. The number of esters is 3.